The van der Waals surface area contributed by atoms with Crippen molar-refractivity contribution in [3.05, 3.63) is 78.5 Å². The maximum atomic E-state index is 13.5. The molecular formula is C28H31N5O3S. The number of nitrogens with zero attached hydrogens (tertiary/aromatic N) is 3. The fourth-order valence-electron chi connectivity index (χ4n) is 4.99. The number of fused-ring (bicyclic) bond motifs is 2. The number of amides is 2. The van der Waals surface area contributed by atoms with Crippen LogP contribution in [0.1, 0.15) is 12.1 Å². The molecular weight excluding hydrogens is 486 g/mol. The zero-order valence-corrected chi connectivity index (χ0v) is 21.8. The SMILES string of the molecule is Cc1cc(NC(=O)NCCN2CCC(N(C)S(=O)(=O)c3cccc4ccccc34)C2)c2ccccc2n1. The van der Waals surface area contributed by atoms with E-state index in [1.54, 1.807) is 19.2 Å². The average Bonchev–Trinajstić information content (AvgIpc) is 3.36. The molecule has 0 bridgehead atoms. The Bertz CT molecular complexity index is 1550. The van der Waals surface area contributed by atoms with E-state index in [9.17, 15) is 13.2 Å². The summed E-state index contributed by atoms with van der Waals surface area (Å²) in [5.41, 5.74) is 2.39. The van der Waals surface area contributed by atoms with E-state index >= 15 is 0 Å². The Balaban J connectivity index is 1.16. The molecule has 5 rings (SSSR count). The van der Waals surface area contributed by atoms with Crippen molar-refractivity contribution in [3.63, 3.8) is 0 Å². The summed E-state index contributed by atoms with van der Waals surface area (Å²) in [6.45, 7) is 4.40. The van der Waals surface area contributed by atoms with E-state index in [4.69, 9.17) is 0 Å². The maximum absolute atomic E-state index is 13.5. The number of sulfonamides is 1. The molecule has 4 aromatic rings. The number of aromatic nitrogens is 1. The van der Waals surface area contributed by atoms with Crippen LogP contribution in [0.3, 0.4) is 0 Å². The number of benzene rings is 3. The summed E-state index contributed by atoms with van der Waals surface area (Å²) >= 11 is 0. The van der Waals surface area contributed by atoms with Crippen molar-refractivity contribution in [2.24, 2.45) is 0 Å². The number of hydrogen-bond acceptors (Lipinski definition) is 5. The van der Waals surface area contributed by atoms with Crippen LogP contribution >= 0.6 is 0 Å². The van der Waals surface area contributed by atoms with E-state index in [0.717, 1.165) is 46.0 Å². The molecule has 1 unspecified atom stereocenters. The standard InChI is InChI=1S/C28H31N5O3S/c1-20-18-26(24-11-5-6-12-25(24)30-20)31-28(34)29-15-17-33-16-14-22(19-33)32(2)37(35,36)27-13-7-9-21-8-3-4-10-23(21)27/h3-13,18,22H,14-17,19H2,1-2H3,(H2,29,30,31,34). The summed E-state index contributed by atoms with van der Waals surface area (Å²) < 4.78 is 28.4. The normalized spacial score (nSPS) is 16.5. The minimum atomic E-state index is -3.64. The first kappa shape index (κ1) is 25.1. The minimum absolute atomic E-state index is 0.121. The Labute approximate surface area is 217 Å². The predicted octanol–water partition coefficient (Wildman–Crippen LogP) is 4.21. The highest BCUT2D eigenvalue weighted by Crippen LogP contribution is 2.28. The summed E-state index contributed by atoms with van der Waals surface area (Å²) in [6.07, 6.45) is 0.745. The number of hydrogen-bond donors (Lipinski definition) is 2. The van der Waals surface area contributed by atoms with Crippen LogP contribution in [0.15, 0.2) is 77.7 Å². The lowest BCUT2D eigenvalue weighted by molar-refractivity contribution is 0.248. The molecule has 37 heavy (non-hydrogen) atoms. The highest BCUT2D eigenvalue weighted by Gasteiger charge is 2.33. The Morgan fingerprint density at radius 1 is 1.05 bits per heavy atom. The molecule has 0 radical (unpaired) electrons. The molecule has 3 aromatic carbocycles. The summed E-state index contributed by atoms with van der Waals surface area (Å²) in [4.78, 5) is 19.6. The van der Waals surface area contributed by atoms with Gasteiger partial charge in [0.1, 0.15) is 0 Å². The third-order valence-corrected chi connectivity index (χ3v) is 8.94. The van der Waals surface area contributed by atoms with Crippen LogP contribution in [0.2, 0.25) is 0 Å². The number of para-hydroxylation sites is 1. The summed E-state index contributed by atoms with van der Waals surface area (Å²) in [5, 5.41) is 8.39. The zero-order valence-electron chi connectivity index (χ0n) is 21.0. The van der Waals surface area contributed by atoms with Crippen LogP contribution < -0.4 is 10.6 Å². The largest absolute Gasteiger partial charge is 0.337 e. The molecule has 1 saturated heterocycles. The number of urea groups is 1. The van der Waals surface area contributed by atoms with Crippen molar-refractivity contribution in [3.8, 4) is 0 Å². The van der Waals surface area contributed by atoms with Gasteiger partial charge in [0.25, 0.3) is 0 Å². The van der Waals surface area contributed by atoms with Gasteiger partial charge in [-0.15, -0.1) is 0 Å². The second kappa shape index (κ2) is 10.5. The van der Waals surface area contributed by atoms with Gasteiger partial charge in [-0.05, 0) is 43.5 Å². The van der Waals surface area contributed by atoms with Gasteiger partial charge in [-0.2, -0.15) is 4.31 Å². The molecule has 1 aliphatic heterocycles. The summed E-state index contributed by atoms with van der Waals surface area (Å²) in [5.74, 6) is 0. The van der Waals surface area contributed by atoms with Gasteiger partial charge in [-0.3, -0.25) is 9.88 Å². The Hall–Kier alpha value is -3.53. The number of aryl methyl sites for hydroxylation is 1. The summed E-state index contributed by atoms with van der Waals surface area (Å²) in [7, 11) is -1.98. The van der Waals surface area contributed by atoms with Crippen LogP contribution in [-0.2, 0) is 10.0 Å². The fourth-order valence-corrected chi connectivity index (χ4v) is 6.58. The predicted molar refractivity (Wildman–Crippen MR) is 147 cm³/mol. The lowest BCUT2D eigenvalue weighted by Gasteiger charge is -2.25. The van der Waals surface area contributed by atoms with Crippen LogP contribution in [-0.4, -0.2) is 67.9 Å². The molecule has 192 valence electrons. The molecule has 1 aliphatic rings. The van der Waals surface area contributed by atoms with Crippen molar-refractivity contribution >= 4 is 43.4 Å². The van der Waals surface area contributed by atoms with Gasteiger partial charge in [0.05, 0.1) is 16.1 Å². The smallest absolute Gasteiger partial charge is 0.319 e. The second-order valence-corrected chi connectivity index (χ2v) is 11.4. The highest BCUT2D eigenvalue weighted by atomic mass is 32.2. The lowest BCUT2D eigenvalue weighted by atomic mass is 10.1. The second-order valence-electron chi connectivity index (χ2n) is 9.45. The summed E-state index contributed by atoms with van der Waals surface area (Å²) in [6, 6.07) is 22.1. The average molecular weight is 518 g/mol. The lowest BCUT2D eigenvalue weighted by Crippen LogP contribution is -2.40. The topological polar surface area (TPSA) is 94.6 Å². The molecule has 8 nitrogen and oxygen atoms in total. The molecule has 0 saturated carbocycles. The van der Waals surface area contributed by atoms with E-state index < -0.39 is 10.0 Å². The number of likely N-dealkylation sites (N-methyl/N-ethyl adjacent to an activating group) is 1. The van der Waals surface area contributed by atoms with Crippen molar-refractivity contribution in [2.75, 3.05) is 38.5 Å². The van der Waals surface area contributed by atoms with Gasteiger partial charge in [-0.1, -0.05) is 54.6 Å². The third kappa shape index (κ3) is 5.29. The Morgan fingerprint density at radius 2 is 1.78 bits per heavy atom. The van der Waals surface area contributed by atoms with E-state index in [1.807, 2.05) is 67.6 Å². The number of carbonyl (C=O) groups excluding carboxylic acids is 1. The van der Waals surface area contributed by atoms with E-state index in [2.05, 4.69) is 20.5 Å². The van der Waals surface area contributed by atoms with Crippen LogP contribution in [0.4, 0.5) is 10.5 Å². The Morgan fingerprint density at radius 3 is 2.62 bits per heavy atom. The third-order valence-electron chi connectivity index (χ3n) is 6.97. The molecule has 2 amide bonds. The monoisotopic (exact) mass is 517 g/mol. The molecule has 0 aliphatic carbocycles. The zero-order chi connectivity index (χ0) is 26.0. The first-order valence-electron chi connectivity index (χ1n) is 12.4. The number of anilines is 1. The first-order chi connectivity index (χ1) is 17.8. The molecule has 1 atom stereocenters. The molecule has 2 N–H and O–H groups in total. The highest BCUT2D eigenvalue weighted by molar-refractivity contribution is 7.89. The van der Waals surface area contributed by atoms with Crippen LogP contribution in [0.5, 0.6) is 0 Å². The quantitative estimate of drug-likeness (QED) is 0.383. The van der Waals surface area contributed by atoms with Crippen molar-refractivity contribution in [1.82, 2.24) is 19.5 Å². The number of nitrogens with one attached hydrogen (secondary N) is 2. The minimum Gasteiger partial charge on any atom is -0.337 e. The first-order valence-corrected chi connectivity index (χ1v) is 13.9. The molecule has 1 fully saturated rings. The van der Waals surface area contributed by atoms with Crippen molar-refractivity contribution < 1.29 is 13.2 Å². The maximum Gasteiger partial charge on any atom is 0.319 e. The van der Waals surface area contributed by atoms with Gasteiger partial charge in [-0.25, -0.2) is 13.2 Å². The molecule has 2 heterocycles. The van der Waals surface area contributed by atoms with E-state index in [-0.39, 0.29) is 12.1 Å². The van der Waals surface area contributed by atoms with Gasteiger partial charge in [0.15, 0.2) is 0 Å². The number of carbonyl (C=O) groups is 1. The van der Waals surface area contributed by atoms with Gasteiger partial charge < -0.3 is 10.6 Å². The molecule has 0 spiro atoms. The van der Waals surface area contributed by atoms with Crippen LogP contribution in [0, 0.1) is 6.92 Å². The number of pyridine rings is 1. The van der Waals surface area contributed by atoms with Gasteiger partial charge in [0.2, 0.25) is 10.0 Å². The van der Waals surface area contributed by atoms with Crippen LogP contribution in [0.25, 0.3) is 21.7 Å². The van der Waals surface area contributed by atoms with E-state index in [0.29, 0.717) is 24.5 Å². The molecule has 9 heteroatoms. The van der Waals surface area contributed by atoms with Crippen molar-refractivity contribution in [1.29, 1.82) is 0 Å². The van der Waals surface area contributed by atoms with E-state index in [1.165, 1.54) is 4.31 Å². The Kier molecular flexibility index (Phi) is 7.10. The molecule has 1 aromatic heterocycles. The number of likely N-dealkylation sites (tertiary alicyclic amines) is 1. The fraction of sp³-hybridized carbons (Fsp3) is 0.286. The van der Waals surface area contributed by atoms with Gasteiger partial charge in [0, 0.05) is 49.2 Å². The van der Waals surface area contributed by atoms with Gasteiger partial charge >= 0.3 is 6.03 Å². The number of rotatable bonds is 7. The van der Waals surface area contributed by atoms with Crippen molar-refractivity contribution in [2.45, 2.75) is 24.3 Å².